The van der Waals surface area contributed by atoms with Crippen LogP contribution in [0.5, 0.6) is 0 Å². The van der Waals surface area contributed by atoms with E-state index >= 15 is 0 Å². The fourth-order valence-corrected chi connectivity index (χ4v) is 2.28. The molecule has 0 saturated heterocycles. The number of aliphatic imine (C=N–C) groups is 1. The van der Waals surface area contributed by atoms with Gasteiger partial charge in [0.1, 0.15) is 5.60 Å². The first-order chi connectivity index (χ1) is 10.5. The lowest BCUT2D eigenvalue weighted by molar-refractivity contribution is 0.0268. The van der Waals surface area contributed by atoms with Crippen LogP contribution in [0.1, 0.15) is 32.6 Å². The predicted octanol–water partition coefficient (Wildman–Crippen LogP) is 3.40. The number of amides is 1. The van der Waals surface area contributed by atoms with Gasteiger partial charge in [-0.2, -0.15) is 5.10 Å². The van der Waals surface area contributed by atoms with Crippen molar-refractivity contribution in [2.24, 2.45) is 4.99 Å². The van der Waals surface area contributed by atoms with Gasteiger partial charge in [0, 0.05) is 17.8 Å². The Morgan fingerprint density at radius 1 is 1.32 bits per heavy atom. The van der Waals surface area contributed by atoms with Crippen molar-refractivity contribution < 1.29 is 9.53 Å². The van der Waals surface area contributed by atoms with Crippen molar-refractivity contribution >= 4 is 23.2 Å². The molecule has 1 amide bonds. The molecule has 1 aromatic heterocycles. The highest BCUT2D eigenvalue weighted by atomic mass is 16.6. The summed E-state index contributed by atoms with van der Waals surface area (Å²) in [6.07, 6.45) is 4.10. The Hall–Kier alpha value is -2.63. The minimum absolute atomic E-state index is 0.440. The summed E-state index contributed by atoms with van der Waals surface area (Å²) < 4.78 is 5.45. The topological polar surface area (TPSA) is 70.6 Å². The fraction of sp³-hybridized carbons (Fsp3) is 0.312. The maximum atomic E-state index is 12.4. The van der Waals surface area contributed by atoms with E-state index in [1.165, 1.54) is 4.90 Å². The van der Waals surface area contributed by atoms with E-state index in [0.717, 1.165) is 16.6 Å². The molecule has 0 radical (unpaired) electrons. The summed E-state index contributed by atoms with van der Waals surface area (Å²) >= 11 is 0. The van der Waals surface area contributed by atoms with Gasteiger partial charge in [-0.15, -0.1) is 0 Å². The molecule has 0 saturated carbocycles. The zero-order chi connectivity index (χ0) is 15.7. The fourth-order valence-electron chi connectivity index (χ4n) is 2.28. The van der Waals surface area contributed by atoms with E-state index in [4.69, 9.17) is 4.74 Å². The van der Waals surface area contributed by atoms with Crippen molar-refractivity contribution in [2.75, 3.05) is 0 Å². The number of hydrogen-bond acceptors (Lipinski definition) is 4. The second kappa shape index (κ2) is 5.29. The number of carbonyl (C=O) groups excluding carboxylic acids is 1. The Morgan fingerprint density at radius 2 is 2.09 bits per heavy atom. The highest BCUT2D eigenvalue weighted by Gasteiger charge is 2.30. The Balaban J connectivity index is 1.95. The minimum atomic E-state index is -0.563. The normalized spacial score (nSPS) is 18.0. The number of benzene rings is 1. The first-order valence-electron chi connectivity index (χ1n) is 7.10. The average Bonchev–Trinajstić information content (AvgIpc) is 2.89. The molecule has 0 bridgehead atoms. The van der Waals surface area contributed by atoms with E-state index in [0.29, 0.717) is 0 Å². The third kappa shape index (κ3) is 2.72. The number of para-hydroxylation sites is 1. The number of hydrogen-bond donors (Lipinski definition) is 1. The number of fused-ring (bicyclic) bond motifs is 1. The number of rotatable bonds is 1. The molecule has 0 fully saturated rings. The van der Waals surface area contributed by atoms with Gasteiger partial charge < -0.3 is 4.74 Å². The van der Waals surface area contributed by atoms with Crippen LogP contribution in [0, 0.1) is 0 Å². The number of ether oxygens (including phenoxy) is 1. The molecule has 1 unspecified atom stereocenters. The zero-order valence-corrected chi connectivity index (χ0v) is 12.8. The molecule has 6 nitrogen and oxygen atoms in total. The quantitative estimate of drug-likeness (QED) is 0.877. The smallest absolute Gasteiger partial charge is 0.416 e. The zero-order valence-electron chi connectivity index (χ0n) is 12.8. The van der Waals surface area contributed by atoms with Crippen molar-refractivity contribution in [3.8, 4) is 0 Å². The van der Waals surface area contributed by atoms with Crippen LogP contribution in [0.4, 0.5) is 4.79 Å². The van der Waals surface area contributed by atoms with Gasteiger partial charge in [0.2, 0.25) is 0 Å². The summed E-state index contributed by atoms with van der Waals surface area (Å²) in [6.45, 7) is 5.51. The van der Waals surface area contributed by atoms with Gasteiger partial charge in [-0.3, -0.25) is 15.0 Å². The van der Waals surface area contributed by atoms with Gasteiger partial charge in [0.25, 0.3) is 0 Å². The number of allylic oxidation sites excluding steroid dienone is 1. The van der Waals surface area contributed by atoms with Crippen LogP contribution in [0.3, 0.4) is 0 Å². The molecular weight excluding hydrogens is 280 g/mol. The highest BCUT2D eigenvalue weighted by Crippen LogP contribution is 2.30. The second-order valence-electron chi connectivity index (χ2n) is 6.06. The molecule has 1 aliphatic heterocycles. The summed E-state index contributed by atoms with van der Waals surface area (Å²) in [7, 11) is 0. The molecular formula is C16H18N4O2. The van der Waals surface area contributed by atoms with E-state index in [-0.39, 0.29) is 0 Å². The molecule has 1 N–H and O–H groups in total. The van der Waals surface area contributed by atoms with Crippen LogP contribution in [0.2, 0.25) is 0 Å². The van der Waals surface area contributed by atoms with E-state index in [1.807, 2.05) is 45.0 Å². The van der Waals surface area contributed by atoms with Gasteiger partial charge >= 0.3 is 6.09 Å². The standard InChI is InChI=1S/C16H18N4O2/c1-16(2,3)22-15(21)20-10-6-9-17-14(20)13-11-7-4-5-8-12(11)18-19-13/h4-10,14H,1-3H3,(H,18,19). The van der Waals surface area contributed by atoms with Gasteiger partial charge in [0.15, 0.2) is 6.17 Å². The van der Waals surface area contributed by atoms with Gasteiger partial charge in [0.05, 0.1) is 11.2 Å². The summed E-state index contributed by atoms with van der Waals surface area (Å²) in [5.74, 6) is 0. The molecule has 6 heteroatoms. The van der Waals surface area contributed by atoms with Crippen LogP contribution in [-0.4, -0.2) is 33.0 Å². The van der Waals surface area contributed by atoms with E-state index < -0.39 is 17.9 Å². The number of nitrogens with zero attached hydrogens (tertiary/aromatic N) is 3. The van der Waals surface area contributed by atoms with Gasteiger partial charge in [-0.05, 0) is 32.9 Å². The van der Waals surface area contributed by atoms with Crippen molar-refractivity contribution in [1.29, 1.82) is 0 Å². The van der Waals surface area contributed by atoms with Gasteiger partial charge in [-0.25, -0.2) is 4.79 Å². The van der Waals surface area contributed by atoms with Crippen molar-refractivity contribution in [3.05, 3.63) is 42.2 Å². The predicted molar refractivity (Wildman–Crippen MR) is 84.5 cm³/mol. The van der Waals surface area contributed by atoms with Crippen molar-refractivity contribution in [1.82, 2.24) is 15.1 Å². The summed E-state index contributed by atoms with van der Waals surface area (Å²) in [6, 6.07) is 7.72. The number of aromatic nitrogens is 2. The van der Waals surface area contributed by atoms with Crippen molar-refractivity contribution in [3.63, 3.8) is 0 Å². The lowest BCUT2D eigenvalue weighted by Gasteiger charge is -2.29. The minimum Gasteiger partial charge on any atom is -0.443 e. The van der Waals surface area contributed by atoms with E-state index in [9.17, 15) is 4.79 Å². The summed E-state index contributed by atoms with van der Waals surface area (Å²) in [5.41, 5.74) is 1.04. The molecule has 22 heavy (non-hydrogen) atoms. The third-order valence-electron chi connectivity index (χ3n) is 3.18. The van der Waals surface area contributed by atoms with Crippen LogP contribution in [-0.2, 0) is 4.74 Å². The molecule has 114 valence electrons. The first kappa shape index (κ1) is 14.3. The molecule has 1 aliphatic rings. The highest BCUT2D eigenvalue weighted by molar-refractivity contribution is 5.84. The second-order valence-corrected chi connectivity index (χ2v) is 6.06. The molecule has 2 aromatic rings. The summed E-state index contributed by atoms with van der Waals surface area (Å²) in [5, 5.41) is 8.18. The molecule has 3 rings (SSSR count). The molecule has 1 aromatic carbocycles. The number of H-pyrrole nitrogens is 1. The third-order valence-corrected chi connectivity index (χ3v) is 3.18. The van der Waals surface area contributed by atoms with Crippen LogP contribution >= 0.6 is 0 Å². The SMILES string of the molecule is CC(C)(C)OC(=O)N1C=CC=NC1c1[nH]nc2ccccc12. The number of carbonyl (C=O) groups is 1. The molecule has 2 heterocycles. The monoisotopic (exact) mass is 298 g/mol. The Labute approximate surface area is 128 Å². The lowest BCUT2D eigenvalue weighted by atomic mass is 10.1. The van der Waals surface area contributed by atoms with E-state index in [1.54, 1.807) is 18.5 Å². The average molecular weight is 298 g/mol. The number of aromatic amines is 1. The van der Waals surface area contributed by atoms with Crippen molar-refractivity contribution in [2.45, 2.75) is 32.5 Å². The first-order valence-corrected chi connectivity index (χ1v) is 7.10. The van der Waals surface area contributed by atoms with E-state index in [2.05, 4.69) is 15.2 Å². The summed E-state index contributed by atoms with van der Waals surface area (Å²) in [4.78, 5) is 18.3. The number of nitrogens with one attached hydrogen (secondary N) is 1. The molecule has 1 atom stereocenters. The maximum Gasteiger partial charge on any atom is 0.416 e. The van der Waals surface area contributed by atoms with Crippen LogP contribution in [0.15, 0.2) is 41.5 Å². The Bertz CT molecular complexity index is 755. The molecule has 0 aliphatic carbocycles. The molecule has 0 spiro atoms. The largest absolute Gasteiger partial charge is 0.443 e. The lowest BCUT2D eigenvalue weighted by Crippen LogP contribution is -2.36. The van der Waals surface area contributed by atoms with Crippen LogP contribution < -0.4 is 0 Å². The van der Waals surface area contributed by atoms with Crippen LogP contribution in [0.25, 0.3) is 10.9 Å². The maximum absolute atomic E-state index is 12.4. The van der Waals surface area contributed by atoms with Gasteiger partial charge in [-0.1, -0.05) is 18.2 Å². The Morgan fingerprint density at radius 3 is 2.86 bits per heavy atom. The Kier molecular flexibility index (Phi) is 3.44.